The van der Waals surface area contributed by atoms with E-state index < -0.39 is 0 Å². The van der Waals surface area contributed by atoms with Crippen LogP contribution in [-0.2, 0) is 6.54 Å². The van der Waals surface area contributed by atoms with E-state index in [-0.39, 0.29) is 10.6 Å². The lowest BCUT2D eigenvalue weighted by molar-refractivity contribution is -0.384. The third-order valence-corrected chi connectivity index (χ3v) is 4.11. The van der Waals surface area contributed by atoms with Gasteiger partial charge in [0.2, 0.25) is 0 Å². The molecule has 0 saturated heterocycles. The van der Waals surface area contributed by atoms with Gasteiger partial charge in [0.1, 0.15) is 0 Å². The number of nitrogens with zero attached hydrogens (tertiary/aromatic N) is 1. The summed E-state index contributed by atoms with van der Waals surface area (Å²) in [6.07, 6.45) is 5.98. The summed E-state index contributed by atoms with van der Waals surface area (Å²) in [7, 11) is 0. The van der Waals surface area contributed by atoms with Crippen molar-refractivity contribution in [1.82, 2.24) is 5.32 Å². The first kappa shape index (κ1) is 17.1. The zero-order valence-corrected chi connectivity index (χ0v) is 13.8. The average Bonchev–Trinajstić information content (AvgIpc) is 2.42. The van der Waals surface area contributed by atoms with Crippen LogP contribution >= 0.6 is 15.9 Å². The van der Waals surface area contributed by atoms with Gasteiger partial charge in [0.25, 0.3) is 5.69 Å². The lowest BCUT2D eigenvalue weighted by Gasteiger charge is -2.18. The summed E-state index contributed by atoms with van der Waals surface area (Å²) in [5, 5.41) is 14.3. The van der Waals surface area contributed by atoms with Gasteiger partial charge in [0.15, 0.2) is 0 Å². The second-order valence-electron chi connectivity index (χ2n) is 5.04. The second-order valence-corrected chi connectivity index (χ2v) is 5.90. The third kappa shape index (κ3) is 5.59. The van der Waals surface area contributed by atoms with Gasteiger partial charge in [-0.2, -0.15) is 0 Å². The quantitative estimate of drug-likeness (QED) is 0.517. The first-order valence-corrected chi connectivity index (χ1v) is 8.04. The molecule has 0 bridgehead atoms. The molecule has 4 nitrogen and oxygen atoms in total. The zero-order chi connectivity index (χ0) is 15.0. The van der Waals surface area contributed by atoms with E-state index in [9.17, 15) is 10.1 Å². The van der Waals surface area contributed by atoms with Gasteiger partial charge in [-0.1, -0.05) is 49.0 Å². The number of non-ortho nitro benzene ring substituents is 1. The Bertz CT molecular complexity index is 438. The minimum atomic E-state index is -0.372. The molecule has 0 heterocycles. The Morgan fingerprint density at radius 2 is 2.05 bits per heavy atom. The number of rotatable bonds is 9. The van der Waals surface area contributed by atoms with Gasteiger partial charge in [-0.15, -0.1) is 0 Å². The van der Waals surface area contributed by atoms with Gasteiger partial charge in [0, 0.05) is 29.2 Å². The predicted molar refractivity (Wildman–Crippen MR) is 85.9 cm³/mol. The van der Waals surface area contributed by atoms with Gasteiger partial charge in [-0.3, -0.25) is 10.1 Å². The molecule has 0 radical (unpaired) electrons. The number of halogens is 1. The fraction of sp³-hybridized carbons (Fsp3) is 0.600. The van der Waals surface area contributed by atoms with Crippen molar-refractivity contribution < 1.29 is 4.92 Å². The second kappa shape index (κ2) is 9.08. The largest absolute Gasteiger partial charge is 0.310 e. The van der Waals surface area contributed by atoms with Gasteiger partial charge >= 0.3 is 0 Å². The molecule has 0 aliphatic carbocycles. The highest BCUT2D eigenvalue weighted by Gasteiger charge is 2.11. The number of hydrogen-bond donors (Lipinski definition) is 1. The topological polar surface area (TPSA) is 55.2 Å². The molecule has 1 N–H and O–H groups in total. The van der Waals surface area contributed by atoms with Crippen LogP contribution in [0.2, 0.25) is 0 Å². The molecule has 1 rings (SSSR count). The monoisotopic (exact) mass is 342 g/mol. The van der Waals surface area contributed by atoms with Crippen LogP contribution in [0.25, 0.3) is 0 Å². The van der Waals surface area contributed by atoms with Crippen LogP contribution in [0.15, 0.2) is 22.7 Å². The maximum absolute atomic E-state index is 10.7. The van der Waals surface area contributed by atoms with Crippen molar-refractivity contribution >= 4 is 21.6 Å². The smallest absolute Gasteiger partial charge is 0.270 e. The van der Waals surface area contributed by atoms with Crippen molar-refractivity contribution in [2.45, 2.75) is 58.5 Å². The van der Waals surface area contributed by atoms with Gasteiger partial charge in [-0.25, -0.2) is 0 Å². The van der Waals surface area contributed by atoms with E-state index >= 15 is 0 Å². The van der Waals surface area contributed by atoms with E-state index in [1.165, 1.54) is 32.1 Å². The summed E-state index contributed by atoms with van der Waals surface area (Å²) in [4.78, 5) is 10.3. The Hall–Kier alpha value is -0.940. The number of unbranched alkanes of at least 4 members (excludes halogenated alkanes) is 1. The number of benzene rings is 1. The van der Waals surface area contributed by atoms with Crippen molar-refractivity contribution in [2.24, 2.45) is 0 Å². The molecule has 0 aliphatic rings. The molecule has 1 unspecified atom stereocenters. The van der Waals surface area contributed by atoms with E-state index in [0.717, 1.165) is 16.6 Å². The highest BCUT2D eigenvalue weighted by molar-refractivity contribution is 9.10. The van der Waals surface area contributed by atoms with E-state index in [2.05, 4.69) is 35.1 Å². The average molecular weight is 343 g/mol. The van der Waals surface area contributed by atoms with Crippen molar-refractivity contribution in [3.63, 3.8) is 0 Å². The SMILES string of the molecule is CCCCC(CCC)NCc1ccc([N+](=O)[O-])cc1Br. The molecule has 1 aromatic rings. The maximum Gasteiger partial charge on any atom is 0.270 e. The third-order valence-electron chi connectivity index (χ3n) is 3.37. The Kier molecular flexibility index (Phi) is 7.77. The summed E-state index contributed by atoms with van der Waals surface area (Å²) in [5.74, 6) is 0. The van der Waals surface area contributed by atoms with E-state index in [1.807, 2.05) is 6.07 Å². The molecule has 0 spiro atoms. The van der Waals surface area contributed by atoms with Crippen LogP contribution < -0.4 is 5.32 Å². The fourth-order valence-electron chi connectivity index (χ4n) is 2.19. The summed E-state index contributed by atoms with van der Waals surface area (Å²) >= 11 is 3.41. The number of hydrogen-bond acceptors (Lipinski definition) is 3. The van der Waals surface area contributed by atoms with Crippen LogP contribution in [-0.4, -0.2) is 11.0 Å². The molecule has 5 heteroatoms. The molecule has 0 amide bonds. The van der Waals surface area contributed by atoms with Crippen molar-refractivity contribution in [1.29, 1.82) is 0 Å². The minimum Gasteiger partial charge on any atom is -0.310 e. The molecule has 1 atom stereocenters. The molecule has 112 valence electrons. The number of nitro groups is 1. The molecule has 1 aromatic carbocycles. The standard InChI is InChI=1S/C15H23BrN2O2/c1-3-5-7-13(6-4-2)17-11-12-8-9-14(18(19)20)10-15(12)16/h8-10,13,17H,3-7,11H2,1-2H3. The lowest BCUT2D eigenvalue weighted by Crippen LogP contribution is -2.28. The molecule has 0 aliphatic heterocycles. The van der Waals surface area contributed by atoms with Gasteiger partial charge in [-0.05, 0) is 24.5 Å². The van der Waals surface area contributed by atoms with Crippen molar-refractivity contribution in [3.05, 3.63) is 38.3 Å². The first-order chi connectivity index (χ1) is 9.58. The van der Waals surface area contributed by atoms with Crippen molar-refractivity contribution in [3.8, 4) is 0 Å². The van der Waals surface area contributed by atoms with Gasteiger partial charge < -0.3 is 5.32 Å². The maximum atomic E-state index is 10.7. The Morgan fingerprint density at radius 3 is 2.60 bits per heavy atom. The highest BCUT2D eigenvalue weighted by Crippen LogP contribution is 2.23. The van der Waals surface area contributed by atoms with Crippen LogP contribution in [0.4, 0.5) is 5.69 Å². The van der Waals surface area contributed by atoms with Crippen LogP contribution in [0.3, 0.4) is 0 Å². The van der Waals surface area contributed by atoms with E-state index in [4.69, 9.17) is 0 Å². The Labute approximate surface area is 129 Å². The summed E-state index contributed by atoms with van der Waals surface area (Å²) in [6.45, 7) is 5.14. The van der Waals surface area contributed by atoms with Crippen molar-refractivity contribution in [2.75, 3.05) is 0 Å². The van der Waals surface area contributed by atoms with E-state index in [0.29, 0.717) is 6.04 Å². The number of nitrogens with one attached hydrogen (secondary N) is 1. The molecule has 0 fully saturated rings. The Balaban J connectivity index is 2.60. The van der Waals surface area contributed by atoms with Gasteiger partial charge in [0.05, 0.1) is 4.92 Å². The summed E-state index contributed by atoms with van der Waals surface area (Å²) < 4.78 is 0.796. The molecule has 0 aromatic heterocycles. The predicted octanol–water partition coefficient (Wildman–Crippen LogP) is 4.81. The fourth-order valence-corrected chi connectivity index (χ4v) is 2.70. The van der Waals surface area contributed by atoms with Crippen LogP contribution in [0, 0.1) is 10.1 Å². The first-order valence-electron chi connectivity index (χ1n) is 7.24. The van der Waals surface area contributed by atoms with Crippen LogP contribution in [0.5, 0.6) is 0 Å². The number of nitro benzene ring substituents is 1. The molecule has 0 saturated carbocycles. The summed E-state index contributed by atoms with van der Waals surface area (Å²) in [6, 6.07) is 5.47. The molecule has 20 heavy (non-hydrogen) atoms. The molecular formula is C15H23BrN2O2. The van der Waals surface area contributed by atoms with E-state index in [1.54, 1.807) is 12.1 Å². The molecular weight excluding hydrogens is 320 g/mol. The highest BCUT2D eigenvalue weighted by atomic mass is 79.9. The normalized spacial score (nSPS) is 12.3. The lowest BCUT2D eigenvalue weighted by atomic mass is 10.0. The Morgan fingerprint density at radius 1 is 1.30 bits per heavy atom. The zero-order valence-electron chi connectivity index (χ0n) is 12.2. The van der Waals surface area contributed by atoms with Crippen LogP contribution in [0.1, 0.15) is 51.5 Å². The summed E-state index contributed by atoms with van der Waals surface area (Å²) in [5.41, 5.74) is 1.19. The minimum absolute atomic E-state index is 0.122.